The number of unbranched alkanes of at least 4 members (excludes halogenated alkanes) is 8. The van der Waals surface area contributed by atoms with Crippen molar-refractivity contribution in [1.29, 1.82) is 0 Å². The highest BCUT2D eigenvalue weighted by Crippen LogP contribution is 2.43. The lowest BCUT2D eigenvalue weighted by Crippen LogP contribution is -2.45. The highest BCUT2D eigenvalue weighted by atomic mass is 35.5. The van der Waals surface area contributed by atoms with Crippen molar-refractivity contribution in [2.24, 2.45) is 11.8 Å². The van der Waals surface area contributed by atoms with Gasteiger partial charge in [0.05, 0.1) is 6.04 Å². The summed E-state index contributed by atoms with van der Waals surface area (Å²) in [5, 5.41) is 3.50. The molecule has 0 radical (unpaired) electrons. The van der Waals surface area contributed by atoms with Gasteiger partial charge in [-0.15, -0.1) is 0 Å². The summed E-state index contributed by atoms with van der Waals surface area (Å²) in [4.78, 5) is 25.5. The predicted molar refractivity (Wildman–Crippen MR) is 227 cm³/mol. The third kappa shape index (κ3) is 13.0. The van der Waals surface area contributed by atoms with Crippen molar-refractivity contribution in [3.63, 3.8) is 0 Å². The molecule has 2 atom stereocenters. The molecule has 4 nitrogen and oxygen atoms in total. The van der Waals surface area contributed by atoms with Gasteiger partial charge in [-0.1, -0.05) is 141 Å². The number of nitrogens with zero attached hydrogens (tertiary/aromatic N) is 1. The molecule has 6 rings (SSSR count). The fraction of sp³-hybridized carbons (Fsp3) is 0.625. The third-order valence-electron chi connectivity index (χ3n) is 11.5. The van der Waals surface area contributed by atoms with E-state index in [-0.39, 0.29) is 5.24 Å². The maximum Gasteiger partial charge on any atom is 0.223 e. The van der Waals surface area contributed by atoms with E-state index in [0.29, 0.717) is 30.3 Å². The molecule has 2 aliphatic heterocycles. The number of halogens is 1. The smallest absolute Gasteiger partial charge is 0.223 e. The van der Waals surface area contributed by atoms with E-state index in [1.54, 1.807) is 16.7 Å². The summed E-state index contributed by atoms with van der Waals surface area (Å²) in [5.41, 5.74) is 12.4. The molecule has 2 aliphatic carbocycles. The second kappa shape index (κ2) is 22.6. The second-order valence-corrected chi connectivity index (χ2v) is 17.1. The SMILES string of the molecule is CC(C)CC1NCCC2=C1Cc1ccccc12.CCCCCCCC(=O)Cl.CCCCCCCC(=O)N1CCC2=C(Cc3ccccc32)C1CC(C)C. The largest absolute Gasteiger partial charge is 0.336 e. The molecule has 2 unspecified atom stereocenters. The summed E-state index contributed by atoms with van der Waals surface area (Å²) in [6.07, 6.45) is 20.0. The van der Waals surface area contributed by atoms with Crippen molar-refractivity contribution in [2.75, 3.05) is 13.1 Å². The first-order valence-corrected chi connectivity index (χ1v) is 21.8. The highest BCUT2D eigenvalue weighted by Gasteiger charge is 2.36. The Balaban J connectivity index is 0.000000199. The number of amides is 1. The van der Waals surface area contributed by atoms with Gasteiger partial charge in [-0.3, -0.25) is 9.59 Å². The molecule has 0 aromatic heterocycles. The standard InChI is InChI=1S/C24H35NO.C16H21N.C8H15ClO/c1-4-5-6-7-8-13-24(26)25-15-14-21-20-12-10-9-11-19(20)17-22(21)23(25)16-18(2)3;1-11(2)9-16-15-10-12-5-3-4-6-13(12)14(15)7-8-17-16;1-2-3-4-5-6-7-8(9)10/h9-12,18,23H,4-8,13-17H2,1-3H3;3-6,11,16-17H,7-10H2,1-2H3;2-7H2,1H3. The quantitative estimate of drug-likeness (QED) is 0.138. The van der Waals surface area contributed by atoms with Gasteiger partial charge in [0.15, 0.2) is 0 Å². The van der Waals surface area contributed by atoms with Gasteiger partial charge in [0, 0.05) is 25.4 Å². The van der Waals surface area contributed by atoms with Crippen LogP contribution in [0.3, 0.4) is 0 Å². The minimum atomic E-state index is -0.198. The molecule has 0 fully saturated rings. The van der Waals surface area contributed by atoms with E-state index < -0.39 is 0 Å². The van der Waals surface area contributed by atoms with Crippen LogP contribution in [0.1, 0.15) is 167 Å². The van der Waals surface area contributed by atoms with Gasteiger partial charge >= 0.3 is 0 Å². The third-order valence-corrected chi connectivity index (χ3v) is 11.7. The minimum absolute atomic E-state index is 0.198. The number of hydrogen-bond acceptors (Lipinski definition) is 3. The molecular formula is C48H71ClN2O2. The monoisotopic (exact) mass is 743 g/mol. The van der Waals surface area contributed by atoms with Crippen molar-refractivity contribution in [3.05, 3.63) is 81.9 Å². The van der Waals surface area contributed by atoms with E-state index >= 15 is 0 Å². The molecule has 4 aliphatic rings. The van der Waals surface area contributed by atoms with Crippen molar-refractivity contribution < 1.29 is 9.59 Å². The van der Waals surface area contributed by atoms with Gasteiger partial charge < -0.3 is 10.2 Å². The van der Waals surface area contributed by atoms with Gasteiger partial charge in [-0.2, -0.15) is 0 Å². The first-order chi connectivity index (χ1) is 25.6. The van der Waals surface area contributed by atoms with E-state index in [0.717, 1.165) is 64.0 Å². The van der Waals surface area contributed by atoms with Gasteiger partial charge in [0.2, 0.25) is 11.1 Å². The summed E-state index contributed by atoms with van der Waals surface area (Å²) >= 11 is 5.15. The van der Waals surface area contributed by atoms with Crippen LogP contribution in [0.25, 0.3) is 11.1 Å². The zero-order chi connectivity index (χ0) is 38.2. The number of rotatable bonds is 16. The molecule has 292 valence electrons. The molecule has 0 spiro atoms. The van der Waals surface area contributed by atoms with Gasteiger partial charge in [-0.05, 0) is 126 Å². The average molecular weight is 744 g/mol. The lowest BCUT2D eigenvalue weighted by molar-refractivity contribution is -0.133. The van der Waals surface area contributed by atoms with Crippen LogP contribution in [-0.4, -0.2) is 41.2 Å². The summed E-state index contributed by atoms with van der Waals surface area (Å²) in [6.45, 7) is 15.7. The van der Waals surface area contributed by atoms with E-state index in [9.17, 15) is 9.59 Å². The van der Waals surface area contributed by atoms with E-state index in [1.165, 1.54) is 92.0 Å². The Labute approximate surface area is 328 Å². The van der Waals surface area contributed by atoms with E-state index in [1.807, 2.05) is 0 Å². The fourth-order valence-corrected chi connectivity index (χ4v) is 8.96. The lowest BCUT2D eigenvalue weighted by atomic mass is 9.87. The molecule has 1 amide bonds. The highest BCUT2D eigenvalue weighted by molar-refractivity contribution is 6.63. The molecule has 0 saturated carbocycles. The summed E-state index contributed by atoms with van der Waals surface area (Å²) < 4.78 is 0. The zero-order valence-corrected chi connectivity index (χ0v) is 35.0. The van der Waals surface area contributed by atoms with Crippen LogP contribution in [0.4, 0.5) is 0 Å². The van der Waals surface area contributed by atoms with Gasteiger partial charge in [0.1, 0.15) is 0 Å². The molecule has 2 aromatic carbocycles. The first kappa shape index (κ1) is 43.0. The Morgan fingerprint density at radius 3 is 1.79 bits per heavy atom. The van der Waals surface area contributed by atoms with Crippen molar-refractivity contribution in [3.8, 4) is 0 Å². The van der Waals surface area contributed by atoms with Crippen molar-refractivity contribution in [1.82, 2.24) is 10.2 Å². The topological polar surface area (TPSA) is 49.4 Å². The zero-order valence-electron chi connectivity index (χ0n) is 34.2. The second-order valence-electron chi connectivity index (χ2n) is 16.7. The van der Waals surface area contributed by atoms with E-state index in [4.69, 9.17) is 11.6 Å². The molecule has 2 aromatic rings. The maximum atomic E-state index is 13.0. The first-order valence-electron chi connectivity index (χ1n) is 21.5. The van der Waals surface area contributed by atoms with Crippen LogP contribution in [0, 0.1) is 11.8 Å². The fourth-order valence-electron chi connectivity index (χ4n) is 8.82. The molecule has 53 heavy (non-hydrogen) atoms. The average Bonchev–Trinajstić information content (AvgIpc) is 3.71. The van der Waals surface area contributed by atoms with Gasteiger partial charge in [0.25, 0.3) is 0 Å². The predicted octanol–water partition coefficient (Wildman–Crippen LogP) is 12.5. The Bertz CT molecular complexity index is 1520. The molecule has 0 saturated heterocycles. The number of nitrogens with one attached hydrogen (secondary N) is 1. The Morgan fingerprint density at radius 2 is 1.23 bits per heavy atom. The van der Waals surface area contributed by atoms with Crippen LogP contribution in [-0.2, 0) is 22.4 Å². The summed E-state index contributed by atoms with van der Waals surface area (Å²) in [5.74, 6) is 1.76. The Hall–Kier alpha value is -2.69. The van der Waals surface area contributed by atoms with Crippen LogP contribution < -0.4 is 5.32 Å². The molecule has 0 bridgehead atoms. The van der Waals surface area contributed by atoms with Crippen LogP contribution in [0.2, 0.25) is 0 Å². The van der Waals surface area contributed by atoms with Crippen LogP contribution in [0.5, 0.6) is 0 Å². The summed E-state index contributed by atoms with van der Waals surface area (Å²) in [7, 11) is 0. The number of carbonyl (C=O) groups is 2. The van der Waals surface area contributed by atoms with Crippen molar-refractivity contribution >= 4 is 33.9 Å². The maximum absolute atomic E-state index is 13.0. The summed E-state index contributed by atoms with van der Waals surface area (Å²) in [6, 6.07) is 18.7. The molecule has 2 heterocycles. The molecule has 5 heteroatoms. The normalized spacial score (nSPS) is 18.5. The molecule has 1 N–H and O–H groups in total. The minimum Gasteiger partial charge on any atom is -0.336 e. The van der Waals surface area contributed by atoms with E-state index in [2.05, 4.69) is 100 Å². The van der Waals surface area contributed by atoms with Crippen LogP contribution in [0.15, 0.2) is 59.7 Å². The lowest BCUT2D eigenvalue weighted by Gasteiger charge is -2.38. The van der Waals surface area contributed by atoms with Gasteiger partial charge in [-0.25, -0.2) is 0 Å². The van der Waals surface area contributed by atoms with Crippen LogP contribution >= 0.6 is 11.6 Å². The Kier molecular flexibility index (Phi) is 18.4. The van der Waals surface area contributed by atoms with Crippen molar-refractivity contribution in [2.45, 2.75) is 169 Å². The Morgan fingerprint density at radius 1 is 0.698 bits per heavy atom. The number of benzene rings is 2. The molecular weight excluding hydrogens is 672 g/mol. The number of carbonyl (C=O) groups excluding carboxylic acids is 2. The number of fused-ring (bicyclic) bond motifs is 4. The number of hydrogen-bond donors (Lipinski definition) is 1.